The van der Waals surface area contributed by atoms with Crippen molar-refractivity contribution in [1.82, 2.24) is 4.90 Å². The average Bonchev–Trinajstić information content (AvgIpc) is 3.17. The van der Waals surface area contributed by atoms with Crippen molar-refractivity contribution in [3.63, 3.8) is 0 Å². The lowest BCUT2D eigenvalue weighted by Gasteiger charge is -2.20. The Balaban J connectivity index is 1.98. The number of nitrogens with zero attached hydrogens (tertiary/aromatic N) is 1. The standard InChI is InChI=1S/C15H18F2N2O2/c1-3-19(15(21)10-7-9(10)2)8-13(20)18-14-11(16)5-4-6-12(14)17/h4-6,9-10H,3,7-8H2,1-2H3,(H,18,20)/t9-,10+/m1/s1. The molecule has 2 rings (SSSR count). The van der Waals surface area contributed by atoms with Gasteiger partial charge in [0.1, 0.15) is 17.3 Å². The summed E-state index contributed by atoms with van der Waals surface area (Å²) < 4.78 is 26.9. The van der Waals surface area contributed by atoms with Crippen molar-refractivity contribution < 1.29 is 18.4 Å². The zero-order chi connectivity index (χ0) is 15.6. The topological polar surface area (TPSA) is 49.4 Å². The van der Waals surface area contributed by atoms with Crippen LogP contribution in [0.15, 0.2) is 18.2 Å². The first-order chi connectivity index (χ1) is 9.93. The van der Waals surface area contributed by atoms with Crippen LogP contribution >= 0.6 is 0 Å². The third-order valence-electron chi connectivity index (χ3n) is 3.68. The SMILES string of the molecule is CCN(CC(=O)Nc1c(F)cccc1F)C(=O)[C@H]1C[C@H]1C. The Morgan fingerprint density at radius 1 is 1.33 bits per heavy atom. The lowest BCUT2D eigenvalue weighted by molar-refractivity contribution is -0.135. The molecule has 2 amide bonds. The van der Waals surface area contributed by atoms with Crippen LogP contribution in [-0.4, -0.2) is 29.8 Å². The molecule has 1 aromatic rings. The first kappa shape index (κ1) is 15.4. The fourth-order valence-electron chi connectivity index (χ4n) is 2.22. The van der Waals surface area contributed by atoms with Crippen molar-refractivity contribution in [1.29, 1.82) is 0 Å². The molecule has 2 atom stereocenters. The van der Waals surface area contributed by atoms with Gasteiger partial charge in [-0.15, -0.1) is 0 Å². The summed E-state index contributed by atoms with van der Waals surface area (Å²) in [7, 11) is 0. The van der Waals surface area contributed by atoms with Gasteiger partial charge in [0, 0.05) is 12.5 Å². The molecular formula is C15H18F2N2O2. The molecule has 0 spiro atoms. The third kappa shape index (κ3) is 3.56. The second-order valence-corrected chi connectivity index (χ2v) is 5.32. The predicted octanol–water partition coefficient (Wildman–Crippen LogP) is 2.41. The van der Waals surface area contributed by atoms with E-state index < -0.39 is 23.2 Å². The smallest absolute Gasteiger partial charge is 0.244 e. The lowest BCUT2D eigenvalue weighted by atomic mass is 10.2. The fraction of sp³-hybridized carbons (Fsp3) is 0.467. The lowest BCUT2D eigenvalue weighted by Crippen LogP contribution is -2.39. The van der Waals surface area contributed by atoms with E-state index in [4.69, 9.17) is 0 Å². The maximum absolute atomic E-state index is 13.4. The summed E-state index contributed by atoms with van der Waals surface area (Å²) in [6, 6.07) is 3.34. The molecule has 0 aliphatic heterocycles. The van der Waals surface area contributed by atoms with E-state index in [0.717, 1.165) is 18.6 Å². The first-order valence-corrected chi connectivity index (χ1v) is 6.96. The number of carbonyl (C=O) groups excluding carboxylic acids is 2. The predicted molar refractivity (Wildman–Crippen MR) is 74.5 cm³/mol. The minimum absolute atomic E-state index is 0.0250. The molecule has 1 saturated carbocycles. The van der Waals surface area contributed by atoms with E-state index in [1.165, 1.54) is 11.0 Å². The van der Waals surface area contributed by atoms with Crippen molar-refractivity contribution in [3.8, 4) is 0 Å². The zero-order valence-electron chi connectivity index (χ0n) is 12.0. The summed E-state index contributed by atoms with van der Waals surface area (Å²) in [5.74, 6) is -2.04. The van der Waals surface area contributed by atoms with Crippen LogP contribution in [0.1, 0.15) is 20.3 Å². The second kappa shape index (κ2) is 6.20. The Labute approximate surface area is 122 Å². The van der Waals surface area contributed by atoms with Gasteiger partial charge < -0.3 is 10.2 Å². The van der Waals surface area contributed by atoms with Gasteiger partial charge in [0.2, 0.25) is 11.8 Å². The van der Waals surface area contributed by atoms with Crippen LogP contribution in [0.2, 0.25) is 0 Å². The van der Waals surface area contributed by atoms with Crippen LogP contribution in [0, 0.1) is 23.5 Å². The van der Waals surface area contributed by atoms with E-state index in [9.17, 15) is 18.4 Å². The molecule has 114 valence electrons. The van der Waals surface area contributed by atoms with E-state index in [2.05, 4.69) is 5.32 Å². The van der Waals surface area contributed by atoms with E-state index in [-0.39, 0.29) is 18.4 Å². The van der Waals surface area contributed by atoms with Crippen molar-refractivity contribution in [3.05, 3.63) is 29.8 Å². The van der Waals surface area contributed by atoms with E-state index in [1.54, 1.807) is 6.92 Å². The monoisotopic (exact) mass is 296 g/mol. The molecule has 0 bridgehead atoms. The molecule has 0 heterocycles. The van der Waals surface area contributed by atoms with E-state index in [0.29, 0.717) is 12.5 Å². The van der Waals surface area contributed by atoms with Gasteiger partial charge in [0.25, 0.3) is 0 Å². The normalized spacial score (nSPS) is 20.0. The number of hydrogen-bond donors (Lipinski definition) is 1. The Morgan fingerprint density at radius 3 is 2.38 bits per heavy atom. The van der Waals surface area contributed by atoms with Crippen LogP contribution in [0.4, 0.5) is 14.5 Å². The van der Waals surface area contributed by atoms with Crippen LogP contribution in [0.25, 0.3) is 0 Å². The molecule has 0 radical (unpaired) electrons. The molecule has 1 aromatic carbocycles. The zero-order valence-corrected chi connectivity index (χ0v) is 12.0. The molecule has 1 aliphatic carbocycles. The summed E-state index contributed by atoms with van der Waals surface area (Å²) >= 11 is 0. The average molecular weight is 296 g/mol. The second-order valence-electron chi connectivity index (χ2n) is 5.32. The molecule has 0 unspecified atom stereocenters. The van der Waals surface area contributed by atoms with Crippen LogP contribution in [0.5, 0.6) is 0 Å². The van der Waals surface area contributed by atoms with Crippen LogP contribution < -0.4 is 5.32 Å². The van der Waals surface area contributed by atoms with Gasteiger partial charge in [-0.25, -0.2) is 8.78 Å². The van der Waals surface area contributed by atoms with E-state index in [1.807, 2.05) is 6.92 Å². The maximum atomic E-state index is 13.4. The third-order valence-corrected chi connectivity index (χ3v) is 3.68. The number of para-hydroxylation sites is 1. The van der Waals surface area contributed by atoms with Gasteiger partial charge in [-0.2, -0.15) is 0 Å². The highest BCUT2D eigenvalue weighted by Crippen LogP contribution is 2.39. The molecule has 0 aromatic heterocycles. The fourth-order valence-corrected chi connectivity index (χ4v) is 2.22. The molecule has 0 saturated heterocycles. The van der Waals surface area contributed by atoms with Crippen molar-refractivity contribution in [2.75, 3.05) is 18.4 Å². The van der Waals surface area contributed by atoms with Crippen molar-refractivity contribution in [2.24, 2.45) is 11.8 Å². The number of halogens is 2. The number of nitrogens with one attached hydrogen (secondary N) is 1. The summed E-state index contributed by atoms with van der Waals surface area (Å²) in [5.41, 5.74) is -0.481. The number of carbonyl (C=O) groups is 2. The summed E-state index contributed by atoms with van der Waals surface area (Å²) in [4.78, 5) is 25.3. The number of likely N-dealkylation sites (N-methyl/N-ethyl adjacent to an activating group) is 1. The molecule has 1 N–H and O–H groups in total. The number of amides is 2. The quantitative estimate of drug-likeness (QED) is 0.907. The van der Waals surface area contributed by atoms with E-state index >= 15 is 0 Å². The Bertz CT molecular complexity index is 542. The van der Waals surface area contributed by atoms with Crippen LogP contribution in [0.3, 0.4) is 0 Å². The van der Waals surface area contributed by atoms with Gasteiger partial charge >= 0.3 is 0 Å². The Morgan fingerprint density at radius 2 is 1.90 bits per heavy atom. The summed E-state index contributed by atoms with van der Waals surface area (Å²) in [5, 5.41) is 2.19. The Kier molecular flexibility index (Phi) is 4.55. The largest absolute Gasteiger partial charge is 0.333 e. The number of anilines is 1. The highest BCUT2D eigenvalue weighted by Gasteiger charge is 2.41. The summed E-state index contributed by atoms with van der Waals surface area (Å²) in [6.07, 6.45) is 0.832. The minimum atomic E-state index is -0.839. The number of benzene rings is 1. The maximum Gasteiger partial charge on any atom is 0.244 e. The molecule has 21 heavy (non-hydrogen) atoms. The van der Waals surface area contributed by atoms with Gasteiger partial charge in [0.05, 0.1) is 6.54 Å². The number of hydrogen-bond acceptors (Lipinski definition) is 2. The molecular weight excluding hydrogens is 278 g/mol. The molecule has 4 nitrogen and oxygen atoms in total. The molecule has 6 heteroatoms. The minimum Gasteiger partial charge on any atom is -0.333 e. The van der Waals surface area contributed by atoms with Crippen molar-refractivity contribution in [2.45, 2.75) is 20.3 Å². The Hall–Kier alpha value is -1.98. The van der Waals surface area contributed by atoms with Gasteiger partial charge in [-0.1, -0.05) is 13.0 Å². The first-order valence-electron chi connectivity index (χ1n) is 6.96. The number of rotatable bonds is 5. The van der Waals surface area contributed by atoms with Gasteiger partial charge in [-0.3, -0.25) is 9.59 Å². The molecule has 1 aliphatic rings. The van der Waals surface area contributed by atoms with Gasteiger partial charge in [0.15, 0.2) is 0 Å². The highest BCUT2D eigenvalue weighted by atomic mass is 19.1. The van der Waals surface area contributed by atoms with Crippen LogP contribution in [-0.2, 0) is 9.59 Å². The van der Waals surface area contributed by atoms with Gasteiger partial charge in [-0.05, 0) is 31.4 Å². The van der Waals surface area contributed by atoms with Crippen molar-refractivity contribution >= 4 is 17.5 Å². The highest BCUT2D eigenvalue weighted by molar-refractivity contribution is 5.95. The molecule has 1 fully saturated rings. The summed E-state index contributed by atoms with van der Waals surface area (Å²) in [6.45, 7) is 3.93.